The minimum atomic E-state index is -1.03. The normalized spacial score (nSPS) is 12.2. The molecule has 1 N–H and O–H groups in total. The van der Waals surface area contributed by atoms with Crippen molar-refractivity contribution in [3.8, 4) is 5.75 Å². The van der Waals surface area contributed by atoms with Gasteiger partial charge in [-0.2, -0.15) is 0 Å². The summed E-state index contributed by atoms with van der Waals surface area (Å²) >= 11 is 3.19. The van der Waals surface area contributed by atoms with Crippen LogP contribution in [0.4, 0.5) is 4.39 Å². The van der Waals surface area contributed by atoms with Crippen LogP contribution in [0.25, 0.3) is 0 Å². The van der Waals surface area contributed by atoms with Crippen LogP contribution in [0.2, 0.25) is 0 Å². The van der Waals surface area contributed by atoms with Gasteiger partial charge in [0.25, 0.3) is 0 Å². The summed E-state index contributed by atoms with van der Waals surface area (Å²) in [6, 6.07) is 3.94. The summed E-state index contributed by atoms with van der Waals surface area (Å²) in [7, 11) is 0. The maximum absolute atomic E-state index is 13.0. The third-order valence-corrected chi connectivity index (χ3v) is 2.91. The predicted octanol–water partition coefficient (Wildman–Crippen LogP) is 3.61. The Balaban J connectivity index is 2.78. The molecule has 0 fully saturated rings. The molecule has 17 heavy (non-hydrogen) atoms. The second-order valence-electron chi connectivity index (χ2n) is 3.66. The zero-order valence-corrected chi connectivity index (χ0v) is 11.0. The van der Waals surface area contributed by atoms with Crippen LogP contribution in [0.15, 0.2) is 22.7 Å². The lowest BCUT2D eigenvalue weighted by Crippen LogP contribution is -2.27. The maximum atomic E-state index is 13.0. The van der Waals surface area contributed by atoms with Crippen LogP contribution in [0.3, 0.4) is 0 Å². The van der Waals surface area contributed by atoms with Gasteiger partial charge in [-0.1, -0.05) is 13.3 Å². The first-order valence-electron chi connectivity index (χ1n) is 5.39. The van der Waals surface area contributed by atoms with Crippen molar-refractivity contribution in [3.05, 3.63) is 28.5 Å². The fourth-order valence-corrected chi connectivity index (χ4v) is 1.68. The molecular formula is C12H14BrFO3. The predicted molar refractivity (Wildman–Crippen MR) is 65.7 cm³/mol. The molecule has 3 nitrogen and oxygen atoms in total. The Kier molecular flexibility index (Phi) is 5.41. The standard InChI is InChI=1S/C12H14BrFO3/c1-2-3-4-10(12(15)16)17-11-7-8(14)5-6-9(11)13/h5-7,10H,2-4H2,1H3,(H,15,16). The van der Waals surface area contributed by atoms with Crippen LogP contribution in [0.5, 0.6) is 5.75 Å². The average Bonchev–Trinajstić information content (AvgIpc) is 2.28. The molecule has 0 radical (unpaired) electrons. The summed E-state index contributed by atoms with van der Waals surface area (Å²) in [5.41, 5.74) is 0. The van der Waals surface area contributed by atoms with E-state index >= 15 is 0 Å². The van der Waals surface area contributed by atoms with Crippen molar-refractivity contribution in [2.24, 2.45) is 0 Å². The Morgan fingerprint density at radius 1 is 1.59 bits per heavy atom. The topological polar surface area (TPSA) is 46.5 Å². The third kappa shape index (κ3) is 4.34. The number of hydrogen-bond donors (Lipinski definition) is 1. The third-order valence-electron chi connectivity index (χ3n) is 2.26. The number of unbranched alkanes of at least 4 members (excludes halogenated alkanes) is 1. The molecule has 1 atom stereocenters. The van der Waals surface area contributed by atoms with Gasteiger partial charge in [0, 0.05) is 6.07 Å². The van der Waals surface area contributed by atoms with Gasteiger partial charge in [-0.25, -0.2) is 9.18 Å². The van der Waals surface area contributed by atoms with Crippen LogP contribution in [-0.4, -0.2) is 17.2 Å². The fraction of sp³-hybridized carbons (Fsp3) is 0.417. The number of rotatable bonds is 6. The molecule has 1 aromatic rings. The molecule has 5 heteroatoms. The van der Waals surface area contributed by atoms with Gasteiger partial charge in [0.2, 0.25) is 0 Å². The average molecular weight is 305 g/mol. The van der Waals surface area contributed by atoms with Crippen LogP contribution in [-0.2, 0) is 4.79 Å². The molecule has 1 aromatic carbocycles. The highest BCUT2D eigenvalue weighted by atomic mass is 79.9. The minimum Gasteiger partial charge on any atom is -0.479 e. The summed E-state index contributed by atoms with van der Waals surface area (Å²) in [5, 5.41) is 8.99. The summed E-state index contributed by atoms with van der Waals surface area (Å²) in [6.07, 6.45) is 1.11. The molecule has 0 saturated carbocycles. The van der Waals surface area contributed by atoms with Crippen molar-refractivity contribution >= 4 is 21.9 Å². The molecule has 0 bridgehead atoms. The fourth-order valence-electron chi connectivity index (χ4n) is 1.34. The number of carboxylic acid groups (broad SMARTS) is 1. The van der Waals surface area contributed by atoms with E-state index in [-0.39, 0.29) is 5.75 Å². The molecule has 0 aliphatic heterocycles. The maximum Gasteiger partial charge on any atom is 0.344 e. The zero-order valence-electron chi connectivity index (χ0n) is 9.45. The highest BCUT2D eigenvalue weighted by molar-refractivity contribution is 9.10. The second-order valence-corrected chi connectivity index (χ2v) is 4.52. The second kappa shape index (κ2) is 6.59. The van der Waals surface area contributed by atoms with Gasteiger partial charge in [0.15, 0.2) is 6.10 Å². The molecular weight excluding hydrogens is 291 g/mol. The highest BCUT2D eigenvalue weighted by Crippen LogP contribution is 2.27. The summed E-state index contributed by atoms with van der Waals surface area (Å²) < 4.78 is 18.8. The quantitative estimate of drug-likeness (QED) is 0.873. The van der Waals surface area contributed by atoms with E-state index in [1.807, 2.05) is 6.92 Å². The number of hydrogen-bond acceptors (Lipinski definition) is 2. The highest BCUT2D eigenvalue weighted by Gasteiger charge is 2.19. The van der Waals surface area contributed by atoms with Gasteiger partial charge in [-0.3, -0.25) is 0 Å². The zero-order chi connectivity index (χ0) is 12.8. The van der Waals surface area contributed by atoms with E-state index in [4.69, 9.17) is 9.84 Å². The summed E-state index contributed by atoms with van der Waals surface area (Å²) in [6.45, 7) is 1.97. The van der Waals surface area contributed by atoms with Crippen LogP contribution in [0.1, 0.15) is 26.2 Å². The Morgan fingerprint density at radius 2 is 2.29 bits per heavy atom. The minimum absolute atomic E-state index is 0.216. The molecule has 0 aromatic heterocycles. The van der Waals surface area contributed by atoms with Gasteiger partial charge < -0.3 is 9.84 Å². The SMILES string of the molecule is CCCCC(Oc1cc(F)ccc1Br)C(=O)O. The van der Waals surface area contributed by atoms with Gasteiger partial charge >= 0.3 is 5.97 Å². The van der Waals surface area contributed by atoms with Crippen molar-refractivity contribution in [2.45, 2.75) is 32.3 Å². The van der Waals surface area contributed by atoms with E-state index in [1.54, 1.807) is 0 Å². The lowest BCUT2D eigenvalue weighted by molar-refractivity contribution is -0.145. The summed E-state index contributed by atoms with van der Waals surface area (Å²) in [4.78, 5) is 11.0. The molecule has 1 unspecified atom stereocenters. The number of benzene rings is 1. The Labute approximate surface area is 108 Å². The van der Waals surface area contributed by atoms with Crippen LogP contribution >= 0.6 is 15.9 Å². The van der Waals surface area contributed by atoms with Crippen molar-refractivity contribution in [1.29, 1.82) is 0 Å². The van der Waals surface area contributed by atoms with Gasteiger partial charge in [0.05, 0.1) is 4.47 Å². The summed E-state index contributed by atoms with van der Waals surface area (Å²) in [5.74, 6) is -1.27. The van der Waals surface area contributed by atoms with Crippen molar-refractivity contribution in [3.63, 3.8) is 0 Å². The molecule has 0 saturated heterocycles. The molecule has 0 amide bonds. The van der Waals surface area contributed by atoms with Crippen molar-refractivity contribution in [1.82, 2.24) is 0 Å². The first-order valence-corrected chi connectivity index (χ1v) is 6.18. The van der Waals surface area contributed by atoms with Crippen molar-refractivity contribution in [2.75, 3.05) is 0 Å². The van der Waals surface area contributed by atoms with Crippen LogP contribution in [0, 0.1) is 5.82 Å². The van der Waals surface area contributed by atoms with E-state index in [0.717, 1.165) is 12.8 Å². The monoisotopic (exact) mass is 304 g/mol. The molecule has 1 rings (SSSR count). The molecule has 0 heterocycles. The van der Waals surface area contributed by atoms with Gasteiger partial charge in [-0.15, -0.1) is 0 Å². The van der Waals surface area contributed by atoms with E-state index in [0.29, 0.717) is 10.9 Å². The van der Waals surface area contributed by atoms with Crippen LogP contribution < -0.4 is 4.74 Å². The lowest BCUT2D eigenvalue weighted by atomic mass is 10.1. The Bertz CT molecular complexity index is 395. The number of carboxylic acids is 1. The Morgan fingerprint density at radius 3 is 2.88 bits per heavy atom. The van der Waals surface area contributed by atoms with Gasteiger partial charge in [-0.05, 0) is 40.9 Å². The van der Waals surface area contributed by atoms with Gasteiger partial charge in [0.1, 0.15) is 11.6 Å². The van der Waals surface area contributed by atoms with E-state index in [2.05, 4.69) is 15.9 Å². The smallest absolute Gasteiger partial charge is 0.344 e. The van der Waals surface area contributed by atoms with E-state index < -0.39 is 17.9 Å². The van der Waals surface area contributed by atoms with E-state index in [1.165, 1.54) is 18.2 Å². The first-order chi connectivity index (χ1) is 8.04. The van der Waals surface area contributed by atoms with E-state index in [9.17, 15) is 9.18 Å². The largest absolute Gasteiger partial charge is 0.479 e. The number of aliphatic carboxylic acids is 1. The molecule has 0 aliphatic rings. The molecule has 94 valence electrons. The molecule has 0 aliphatic carbocycles. The number of ether oxygens (including phenoxy) is 1. The molecule has 0 spiro atoms. The number of halogens is 2. The number of carbonyl (C=O) groups is 1. The van der Waals surface area contributed by atoms with Crippen molar-refractivity contribution < 1.29 is 19.0 Å². The Hall–Kier alpha value is -1.10. The first kappa shape index (κ1) is 14.0. The lowest BCUT2D eigenvalue weighted by Gasteiger charge is -2.15.